The first-order chi connectivity index (χ1) is 7.16. The number of hydrogen-bond donors (Lipinski definition) is 0. The van der Waals surface area contributed by atoms with Crippen molar-refractivity contribution in [1.82, 2.24) is 4.98 Å². The maximum Gasteiger partial charge on any atom is 1.00 e. The Hall–Kier alpha value is -0.110. The Morgan fingerprint density at radius 2 is 1.94 bits per heavy atom. The maximum atomic E-state index is 12.6. The molecule has 1 unspecified atom stereocenters. The van der Waals surface area contributed by atoms with E-state index in [4.69, 9.17) is 0 Å². The molecule has 2 aromatic rings. The zero-order valence-electron chi connectivity index (χ0n) is 8.34. The van der Waals surface area contributed by atoms with E-state index in [-0.39, 0.29) is 40.4 Å². The van der Waals surface area contributed by atoms with E-state index in [0.717, 1.165) is 0 Å². The Kier molecular flexibility index (Phi) is 5.23. The number of rotatable bonds is 2. The van der Waals surface area contributed by atoms with E-state index in [1.54, 1.807) is 12.1 Å². The number of hydrogen-bond acceptors (Lipinski definition) is 4. The Balaban J connectivity index is 0.00000128. The van der Waals surface area contributed by atoms with E-state index >= 15 is 0 Å². The van der Waals surface area contributed by atoms with Gasteiger partial charge in [0.2, 0.25) is 0 Å². The van der Waals surface area contributed by atoms with Crippen molar-refractivity contribution in [1.29, 1.82) is 0 Å². The predicted octanol–water partition coefficient (Wildman–Crippen LogP) is -0.809. The minimum absolute atomic E-state index is 0. The molecule has 1 aromatic heterocycles. The summed E-state index contributed by atoms with van der Waals surface area (Å²) in [5.74, 6) is -0.331. The molecule has 78 valence electrons. The van der Waals surface area contributed by atoms with Gasteiger partial charge in [0, 0.05) is 10.9 Å². The molecule has 0 spiro atoms. The van der Waals surface area contributed by atoms with Crippen LogP contribution in [0, 0.1) is 5.82 Å². The van der Waals surface area contributed by atoms with Gasteiger partial charge in [0.1, 0.15) is 15.9 Å². The summed E-state index contributed by atoms with van der Waals surface area (Å²) in [4.78, 5) is 3.89. The molecule has 0 bridgehead atoms. The van der Waals surface area contributed by atoms with Gasteiger partial charge in [0.25, 0.3) is 0 Å². The third-order valence-electron chi connectivity index (χ3n) is 1.75. The van der Waals surface area contributed by atoms with Crippen molar-refractivity contribution in [3.63, 3.8) is 0 Å². The van der Waals surface area contributed by atoms with Crippen LogP contribution in [0.25, 0.3) is 10.6 Å². The van der Waals surface area contributed by atoms with Gasteiger partial charge in [-0.3, -0.25) is 4.21 Å². The molecular weight excluding hydrogens is 260 g/mol. The Bertz CT molecular complexity index is 500. The van der Waals surface area contributed by atoms with Crippen LogP contribution in [-0.4, -0.2) is 13.7 Å². The van der Waals surface area contributed by atoms with Crippen molar-refractivity contribution >= 4 is 22.4 Å². The molecule has 7 heteroatoms. The van der Waals surface area contributed by atoms with Gasteiger partial charge in [0.15, 0.2) is 0 Å². The zero-order chi connectivity index (χ0) is 10.8. The average molecular weight is 265 g/mol. The molecule has 0 N–H and O–H groups in total. The first-order valence-electron chi connectivity index (χ1n) is 3.97. The second-order valence-corrected chi connectivity index (χ2v) is 4.48. The molecule has 3 nitrogen and oxygen atoms in total. The molecule has 16 heavy (non-hydrogen) atoms. The molecule has 1 aromatic carbocycles. The standard InChI is InChI=1S/C9H6FNO2S2.Na/c10-7-3-1-6(2-4-7)9-11-8(5-14-9)15(12)13;/h1-5H,(H,12,13);/q;+1/p-1. The molecule has 0 aliphatic rings. The molecule has 0 amide bonds. The summed E-state index contributed by atoms with van der Waals surface area (Å²) < 4.78 is 33.8. The fraction of sp³-hybridized carbons (Fsp3) is 0. The molecule has 1 atom stereocenters. The fourth-order valence-electron chi connectivity index (χ4n) is 1.06. The van der Waals surface area contributed by atoms with Crippen molar-refractivity contribution < 1.29 is 42.7 Å². The van der Waals surface area contributed by atoms with Crippen LogP contribution in [0.15, 0.2) is 34.7 Å². The summed E-state index contributed by atoms with van der Waals surface area (Å²) in [5, 5.41) is 2.02. The molecule has 0 aliphatic carbocycles. The van der Waals surface area contributed by atoms with E-state index in [1.807, 2.05) is 0 Å². The van der Waals surface area contributed by atoms with Crippen LogP contribution in [0.2, 0.25) is 0 Å². The second kappa shape index (κ2) is 6.00. The first-order valence-corrected chi connectivity index (χ1v) is 5.93. The SMILES string of the molecule is O=S([O-])c1csc(-c2ccc(F)cc2)n1.[Na+]. The van der Waals surface area contributed by atoms with Crippen molar-refractivity contribution in [2.75, 3.05) is 0 Å². The summed E-state index contributed by atoms with van der Waals surface area (Å²) in [5.41, 5.74) is 0.707. The van der Waals surface area contributed by atoms with E-state index in [2.05, 4.69) is 4.98 Å². The zero-order valence-corrected chi connectivity index (χ0v) is 12.0. The van der Waals surface area contributed by atoms with E-state index in [0.29, 0.717) is 10.6 Å². The van der Waals surface area contributed by atoms with Gasteiger partial charge >= 0.3 is 29.6 Å². The van der Waals surface area contributed by atoms with Gasteiger partial charge in [-0.1, -0.05) is 0 Å². The monoisotopic (exact) mass is 265 g/mol. The van der Waals surface area contributed by atoms with E-state index < -0.39 is 11.1 Å². The Morgan fingerprint density at radius 3 is 2.44 bits per heavy atom. The fourth-order valence-corrected chi connectivity index (χ4v) is 2.43. The Labute approximate surface area is 120 Å². The smallest absolute Gasteiger partial charge is 0.767 e. The van der Waals surface area contributed by atoms with Gasteiger partial charge in [-0.25, -0.2) is 9.37 Å². The number of halogens is 1. The number of aromatic nitrogens is 1. The normalized spacial score (nSPS) is 11.9. The molecule has 2 rings (SSSR count). The van der Waals surface area contributed by atoms with Crippen molar-refractivity contribution in [2.45, 2.75) is 5.03 Å². The van der Waals surface area contributed by atoms with Crippen LogP contribution < -0.4 is 29.6 Å². The maximum absolute atomic E-state index is 12.6. The third-order valence-corrected chi connectivity index (χ3v) is 3.34. The second-order valence-electron chi connectivity index (χ2n) is 2.73. The molecule has 1 heterocycles. The van der Waals surface area contributed by atoms with Crippen molar-refractivity contribution in [3.05, 3.63) is 35.5 Å². The van der Waals surface area contributed by atoms with Gasteiger partial charge in [0.05, 0.1) is 0 Å². The van der Waals surface area contributed by atoms with Crippen LogP contribution >= 0.6 is 11.3 Å². The van der Waals surface area contributed by atoms with Crippen LogP contribution in [0.5, 0.6) is 0 Å². The molecule has 0 fully saturated rings. The number of nitrogens with zero attached hydrogens (tertiary/aromatic N) is 1. The third kappa shape index (κ3) is 3.19. The van der Waals surface area contributed by atoms with Crippen molar-refractivity contribution in [2.24, 2.45) is 0 Å². The average Bonchev–Trinajstić information content (AvgIpc) is 2.68. The van der Waals surface area contributed by atoms with E-state index in [1.165, 1.54) is 28.8 Å². The van der Waals surface area contributed by atoms with Gasteiger partial charge < -0.3 is 4.55 Å². The first kappa shape index (κ1) is 14.0. The predicted molar refractivity (Wildman–Crippen MR) is 54.7 cm³/mol. The van der Waals surface area contributed by atoms with Gasteiger partial charge in [-0.2, -0.15) is 0 Å². The van der Waals surface area contributed by atoms with Crippen LogP contribution in [0.1, 0.15) is 0 Å². The number of thiazole rings is 1. The van der Waals surface area contributed by atoms with Crippen molar-refractivity contribution in [3.8, 4) is 10.6 Å². The minimum atomic E-state index is -2.31. The summed E-state index contributed by atoms with van der Waals surface area (Å²) in [6, 6.07) is 5.74. The summed E-state index contributed by atoms with van der Waals surface area (Å²) in [7, 11) is 0. The summed E-state index contributed by atoms with van der Waals surface area (Å²) in [6.07, 6.45) is 0. The quantitative estimate of drug-likeness (QED) is 0.527. The van der Waals surface area contributed by atoms with E-state index in [9.17, 15) is 13.2 Å². The van der Waals surface area contributed by atoms with Gasteiger partial charge in [-0.05, 0) is 35.3 Å². The summed E-state index contributed by atoms with van der Waals surface area (Å²) in [6.45, 7) is 0. The number of benzene rings is 1. The Morgan fingerprint density at radius 1 is 1.31 bits per heavy atom. The molecule has 0 aliphatic heterocycles. The van der Waals surface area contributed by atoms with Crippen LogP contribution in [0.4, 0.5) is 4.39 Å². The molecule has 0 saturated heterocycles. The molecule has 0 radical (unpaired) electrons. The topological polar surface area (TPSA) is 53.0 Å². The van der Waals surface area contributed by atoms with Crippen LogP contribution in [0.3, 0.4) is 0 Å². The largest absolute Gasteiger partial charge is 1.00 e. The minimum Gasteiger partial charge on any atom is -0.767 e. The van der Waals surface area contributed by atoms with Crippen LogP contribution in [-0.2, 0) is 11.1 Å². The molecular formula is C9H5FNNaO2S2. The summed E-state index contributed by atoms with van der Waals surface area (Å²) >= 11 is -1.10. The molecule has 0 saturated carbocycles. The van der Waals surface area contributed by atoms with Gasteiger partial charge in [-0.15, -0.1) is 11.3 Å².